The van der Waals surface area contributed by atoms with Gasteiger partial charge in [0, 0.05) is 19.3 Å². The van der Waals surface area contributed by atoms with E-state index in [0.717, 1.165) is 5.56 Å². The molecule has 2 aromatic heterocycles. The topological polar surface area (TPSA) is 66.7 Å². The lowest BCUT2D eigenvalue weighted by Crippen LogP contribution is -2.27. The molecule has 1 saturated heterocycles. The van der Waals surface area contributed by atoms with Gasteiger partial charge in [0.1, 0.15) is 15.8 Å². The third kappa shape index (κ3) is 3.91. The Balaban J connectivity index is 2.17. The van der Waals surface area contributed by atoms with Gasteiger partial charge in [0.25, 0.3) is 11.5 Å². The third-order valence-electron chi connectivity index (χ3n) is 4.15. The molecule has 1 fully saturated rings. The van der Waals surface area contributed by atoms with E-state index in [2.05, 4.69) is 24.1 Å². The van der Waals surface area contributed by atoms with Crippen LogP contribution in [0.3, 0.4) is 0 Å². The lowest BCUT2D eigenvalue weighted by atomic mass is 10.2. The van der Waals surface area contributed by atoms with Gasteiger partial charge in [-0.15, -0.1) is 0 Å². The summed E-state index contributed by atoms with van der Waals surface area (Å²) in [6.07, 6.45) is 3.37. The Morgan fingerprint density at radius 1 is 1.33 bits per heavy atom. The predicted molar refractivity (Wildman–Crippen MR) is 115 cm³/mol. The number of hydrogen-bond donors (Lipinski definition) is 1. The Morgan fingerprint density at radius 3 is 2.70 bits per heavy atom. The number of amides is 1. The molecule has 3 heterocycles. The molecule has 1 aliphatic rings. The monoisotopic (exact) mass is 402 g/mol. The first-order chi connectivity index (χ1) is 12.8. The summed E-state index contributed by atoms with van der Waals surface area (Å²) in [5, 5.41) is 3.25. The second-order valence-corrected chi connectivity index (χ2v) is 8.49. The first-order valence-corrected chi connectivity index (χ1v) is 10.1. The summed E-state index contributed by atoms with van der Waals surface area (Å²) < 4.78 is 2.03. The van der Waals surface area contributed by atoms with Gasteiger partial charge in [0.2, 0.25) is 0 Å². The Bertz CT molecular complexity index is 1010. The predicted octanol–water partition coefficient (Wildman–Crippen LogP) is 3.29. The average molecular weight is 403 g/mol. The largest absolute Gasteiger partial charge is 0.369 e. The molecule has 142 valence electrons. The molecule has 3 rings (SSSR count). The molecule has 0 radical (unpaired) electrons. The third-order valence-corrected chi connectivity index (χ3v) is 5.53. The number of carbonyl (C=O) groups excluding carboxylic acids is 1. The van der Waals surface area contributed by atoms with E-state index in [1.165, 1.54) is 21.1 Å². The first-order valence-electron chi connectivity index (χ1n) is 8.84. The van der Waals surface area contributed by atoms with Gasteiger partial charge in [-0.2, -0.15) is 0 Å². The summed E-state index contributed by atoms with van der Waals surface area (Å²) in [4.78, 5) is 32.3. The van der Waals surface area contributed by atoms with E-state index in [1.807, 2.05) is 26.0 Å². The van der Waals surface area contributed by atoms with E-state index >= 15 is 0 Å². The van der Waals surface area contributed by atoms with Crippen LogP contribution in [0.2, 0.25) is 0 Å². The van der Waals surface area contributed by atoms with Crippen LogP contribution in [0.4, 0.5) is 5.82 Å². The van der Waals surface area contributed by atoms with Crippen LogP contribution < -0.4 is 10.9 Å². The molecule has 27 heavy (non-hydrogen) atoms. The number of aromatic nitrogens is 2. The van der Waals surface area contributed by atoms with Crippen LogP contribution in [0.1, 0.15) is 31.9 Å². The molecule has 8 heteroatoms. The van der Waals surface area contributed by atoms with Crippen molar-refractivity contribution in [1.82, 2.24) is 14.3 Å². The maximum absolute atomic E-state index is 13.1. The summed E-state index contributed by atoms with van der Waals surface area (Å²) in [5.74, 6) is 0.699. The van der Waals surface area contributed by atoms with Crippen molar-refractivity contribution in [2.75, 3.05) is 18.4 Å². The SMILES string of the molecule is CCN1C(=O)/C(=C\c2c(NCC(C)C)nc3ccc(C)cn3c2=O)SC1=S. The zero-order chi connectivity index (χ0) is 19.7. The maximum atomic E-state index is 13.1. The molecule has 0 aromatic carbocycles. The quantitative estimate of drug-likeness (QED) is 0.611. The number of rotatable bonds is 5. The minimum atomic E-state index is -0.211. The van der Waals surface area contributed by atoms with Crippen molar-refractivity contribution in [3.05, 3.63) is 44.7 Å². The molecule has 1 aliphatic heterocycles. The number of anilines is 1. The lowest BCUT2D eigenvalue weighted by Gasteiger charge is -2.13. The number of hydrogen-bond acceptors (Lipinski definition) is 6. The van der Waals surface area contributed by atoms with Crippen molar-refractivity contribution in [2.24, 2.45) is 5.92 Å². The van der Waals surface area contributed by atoms with Crippen LogP contribution >= 0.6 is 24.0 Å². The van der Waals surface area contributed by atoms with E-state index in [-0.39, 0.29) is 11.5 Å². The normalized spacial score (nSPS) is 16.2. The van der Waals surface area contributed by atoms with Crippen LogP contribution in [0, 0.1) is 12.8 Å². The highest BCUT2D eigenvalue weighted by atomic mass is 32.2. The molecule has 0 bridgehead atoms. The molecular weight excluding hydrogens is 380 g/mol. The van der Waals surface area contributed by atoms with Gasteiger partial charge < -0.3 is 5.32 Å². The minimum Gasteiger partial charge on any atom is -0.369 e. The summed E-state index contributed by atoms with van der Waals surface area (Å²) in [6.45, 7) is 9.13. The molecule has 2 aromatic rings. The standard InChI is InChI=1S/C19H22N4O2S2/c1-5-22-18(25)14(27-19(22)26)8-13-16(20-9-11(2)3)21-15-7-6-12(4)10-23(15)17(13)24/h6-8,10-11,20H,5,9H2,1-4H3/b14-8+. The van der Waals surface area contributed by atoms with Crippen LogP contribution in [0.15, 0.2) is 28.0 Å². The number of nitrogens with one attached hydrogen (secondary N) is 1. The van der Waals surface area contributed by atoms with Crippen molar-refractivity contribution < 1.29 is 4.79 Å². The highest BCUT2D eigenvalue weighted by Gasteiger charge is 2.31. The van der Waals surface area contributed by atoms with Crippen LogP contribution in [-0.4, -0.2) is 37.6 Å². The molecule has 0 aliphatic carbocycles. The van der Waals surface area contributed by atoms with Gasteiger partial charge in [0.05, 0.1) is 10.5 Å². The van der Waals surface area contributed by atoms with Crippen molar-refractivity contribution in [1.29, 1.82) is 0 Å². The lowest BCUT2D eigenvalue weighted by molar-refractivity contribution is -0.121. The number of aryl methyl sites for hydroxylation is 1. The summed E-state index contributed by atoms with van der Waals surface area (Å²) in [6, 6.07) is 3.73. The van der Waals surface area contributed by atoms with Crippen molar-refractivity contribution >= 4 is 51.7 Å². The number of nitrogens with zero attached hydrogens (tertiary/aromatic N) is 3. The van der Waals surface area contributed by atoms with E-state index in [4.69, 9.17) is 12.2 Å². The Hall–Kier alpha value is -2.19. The number of likely N-dealkylation sites (N-methyl/N-ethyl adjacent to an activating group) is 1. The molecule has 1 amide bonds. The average Bonchev–Trinajstić information content (AvgIpc) is 2.89. The second-order valence-electron chi connectivity index (χ2n) is 6.81. The zero-order valence-electron chi connectivity index (χ0n) is 15.8. The molecule has 0 spiro atoms. The summed E-state index contributed by atoms with van der Waals surface area (Å²) >= 11 is 6.48. The first kappa shape index (κ1) is 19.6. The van der Waals surface area contributed by atoms with Gasteiger partial charge in [-0.1, -0.05) is 43.9 Å². The highest BCUT2D eigenvalue weighted by Crippen LogP contribution is 2.32. The van der Waals surface area contributed by atoms with Gasteiger partial charge in [-0.3, -0.25) is 18.9 Å². The van der Waals surface area contributed by atoms with Crippen molar-refractivity contribution in [3.8, 4) is 0 Å². The fraction of sp³-hybridized carbons (Fsp3) is 0.368. The number of fused-ring (bicyclic) bond motifs is 1. The molecule has 0 saturated carbocycles. The fourth-order valence-electron chi connectivity index (χ4n) is 2.73. The molecule has 6 nitrogen and oxygen atoms in total. The Labute approximate surface area is 167 Å². The highest BCUT2D eigenvalue weighted by molar-refractivity contribution is 8.26. The van der Waals surface area contributed by atoms with Crippen LogP contribution in [0.25, 0.3) is 11.7 Å². The summed E-state index contributed by atoms with van der Waals surface area (Å²) in [7, 11) is 0. The Kier molecular flexibility index (Phi) is 5.67. The summed E-state index contributed by atoms with van der Waals surface area (Å²) in [5.41, 5.74) is 1.68. The fourth-order valence-corrected chi connectivity index (χ4v) is 4.09. The van der Waals surface area contributed by atoms with Gasteiger partial charge in [-0.25, -0.2) is 4.98 Å². The zero-order valence-corrected chi connectivity index (χ0v) is 17.4. The van der Waals surface area contributed by atoms with E-state index in [0.29, 0.717) is 45.3 Å². The van der Waals surface area contributed by atoms with Crippen LogP contribution in [0.5, 0.6) is 0 Å². The van der Waals surface area contributed by atoms with Crippen molar-refractivity contribution in [3.63, 3.8) is 0 Å². The van der Waals surface area contributed by atoms with Gasteiger partial charge >= 0.3 is 0 Å². The number of carbonyl (C=O) groups is 1. The minimum absolute atomic E-state index is 0.170. The Morgan fingerprint density at radius 2 is 2.07 bits per heavy atom. The molecule has 1 N–H and O–H groups in total. The second kappa shape index (κ2) is 7.82. The van der Waals surface area contributed by atoms with Crippen LogP contribution in [-0.2, 0) is 4.79 Å². The number of pyridine rings is 1. The van der Waals surface area contributed by atoms with E-state index in [1.54, 1.807) is 12.3 Å². The van der Waals surface area contributed by atoms with Crippen molar-refractivity contribution in [2.45, 2.75) is 27.7 Å². The van der Waals surface area contributed by atoms with E-state index in [9.17, 15) is 9.59 Å². The van der Waals surface area contributed by atoms with E-state index < -0.39 is 0 Å². The van der Waals surface area contributed by atoms with Gasteiger partial charge in [-0.05, 0) is 37.5 Å². The smallest absolute Gasteiger partial charge is 0.267 e. The maximum Gasteiger partial charge on any atom is 0.267 e. The molecule has 0 atom stereocenters. The number of thioether (sulfide) groups is 1. The molecular formula is C19H22N4O2S2. The molecule has 0 unspecified atom stereocenters. The van der Waals surface area contributed by atoms with Gasteiger partial charge in [0.15, 0.2) is 0 Å². The number of thiocarbonyl (C=S) groups is 1.